The molecule has 0 saturated carbocycles. The second-order valence-corrected chi connectivity index (χ2v) is 6.27. The van der Waals surface area contributed by atoms with E-state index in [4.69, 9.17) is 11.6 Å². The van der Waals surface area contributed by atoms with E-state index in [1.807, 2.05) is 6.26 Å². The molecule has 0 N–H and O–H groups in total. The Morgan fingerprint density at radius 1 is 1.35 bits per heavy atom. The fourth-order valence-electron chi connectivity index (χ4n) is 0.943. The second kappa shape index (κ2) is 5.76. The van der Waals surface area contributed by atoms with Gasteiger partial charge in [0.15, 0.2) is 15.0 Å². The van der Waals surface area contributed by atoms with E-state index in [-0.39, 0.29) is 10.7 Å². The van der Waals surface area contributed by atoms with Crippen LogP contribution in [-0.4, -0.2) is 32.7 Å². The number of hydrogen-bond acceptors (Lipinski definition) is 8. The summed E-state index contributed by atoms with van der Waals surface area (Å²) in [5, 5.41) is 8.57. The Bertz CT molecular complexity index is 547. The first-order valence-corrected chi connectivity index (χ1v) is 7.49. The quantitative estimate of drug-likeness (QED) is 0.488. The van der Waals surface area contributed by atoms with Crippen molar-refractivity contribution < 1.29 is 4.79 Å². The van der Waals surface area contributed by atoms with Crippen molar-refractivity contribution in [3.05, 3.63) is 17.0 Å². The number of aldehydes is 1. The number of nitrogens with zero attached hydrogens (tertiary/aromatic N) is 4. The van der Waals surface area contributed by atoms with Gasteiger partial charge in [0.25, 0.3) is 0 Å². The zero-order valence-corrected chi connectivity index (χ0v) is 11.7. The molecule has 17 heavy (non-hydrogen) atoms. The van der Waals surface area contributed by atoms with Crippen molar-refractivity contribution in [2.24, 2.45) is 0 Å². The Balaban J connectivity index is 2.29. The number of hydrogen-bond donors (Lipinski definition) is 0. The maximum Gasteiger partial charge on any atom is 0.181 e. The van der Waals surface area contributed by atoms with Gasteiger partial charge in [-0.1, -0.05) is 34.7 Å². The van der Waals surface area contributed by atoms with Crippen LogP contribution < -0.4 is 0 Å². The van der Waals surface area contributed by atoms with E-state index in [1.165, 1.54) is 41.2 Å². The summed E-state index contributed by atoms with van der Waals surface area (Å²) in [7, 11) is 0. The standard InChI is InChI=1S/C8H5ClN4OS3/c1-15-7-12-13-8(17-7)16-6-4(2-14)5(9)10-3-11-6/h2-3H,1H3. The molecule has 0 aliphatic rings. The first-order chi connectivity index (χ1) is 8.24. The first kappa shape index (κ1) is 12.7. The van der Waals surface area contributed by atoms with Gasteiger partial charge in [-0.3, -0.25) is 4.79 Å². The van der Waals surface area contributed by atoms with Crippen molar-refractivity contribution in [3.63, 3.8) is 0 Å². The number of thioether (sulfide) groups is 1. The van der Waals surface area contributed by atoms with Gasteiger partial charge in [-0.2, -0.15) is 0 Å². The molecule has 0 unspecified atom stereocenters. The Morgan fingerprint density at radius 2 is 2.12 bits per heavy atom. The van der Waals surface area contributed by atoms with Gasteiger partial charge in [0.05, 0.1) is 5.56 Å². The minimum atomic E-state index is 0.145. The summed E-state index contributed by atoms with van der Waals surface area (Å²) in [6, 6.07) is 0. The fraction of sp³-hybridized carbons (Fsp3) is 0.125. The summed E-state index contributed by atoms with van der Waals surface area (Å²) < 4.78 is 1.58. The second-order valence-electron chi connectivity index (χ2n) is 2.64. The summed E-state index contributed by atoms with van der Waals surface area (Å²) in [6.45, 7) is 0. The van der Waals surface area contributed by atoms with Crippen molar-refractivity contribution in [2.75, 3.05) is 6.26 Å². The molecule has 2 aromatic rings. The van der Waals surface area contributed by atoms with E-state index in [0.717, 1.165) is 4.34 Å². The van der Waals surface area contributed by atoms with Crippen LogP contribution >= 0.6 is 46.5 Å². The van der Waals surface area contributed by atoms with E-state index in [9.17, 15) is 4.79 Å². The molecule has 0 radical (unpaired) electrons. The summed E-state index contributed by atoms with van der Waals surface area (Å²) in [5.41, 5.74) is 0.278. The van der Waals surface area contributed by atoms with Crippen LogP contribution in [0.15, 0.2) is 20.0 Å². The van der Waals surface area contributed by atoms with Crippen LogP contribution in [-0.2, 0) is 0 Å². The van der Waals surface area contributed by atoms with Crippen LogP contribution in [0.3, 0.4) is 0 Å². The van der Waals surface area contributed by atoms with Crippen molar-refractivity contribution in [3.8, 4) is 0 Å². The van der Waals surface area contributed by atoms with Gasteiger partial charge in [0.2, 0.25) is 0 Å². The lowest BCUT2D eigenvalue weighted by molar-refractivity contribution is 0.112. The molecule has 0 atom stereocenters. The topological polar surface area (TPSA) is 68.6 Å². The van der Waals surface area contributed by atoms with Crippen LogP contribution in [0.2, 0.25) is 5.15 Å². The molecule has 0 amide bonds. The average molecular weight is 305 g/mol. The minimum Gasteiger partial charge on any atom is -0.298 e. The zero-order chi connectivity index (χ0) is 12.3. The van der Waals surface area contributed by atoms with Crippen LogP contribution in [0, 0.1) is 0 Å². The first-order valence-electron chi connectivity index (χ1n) is 4.25. The number of carbonyl (C=O) groups excluding carboxylic acids is 1. The van der Waals surface area contributed by atoms with Crippen LogP contribution in [0.5, 0.6) is 0 Å². The highest BCUT2D eigenvalue weighted by Crippen LogP contribution is 2.34. The molecule has 0 saturated heterocycles. The van der Waals surface area contributed by atoms with Gasteiger partial charge in [-0.25, -0.2) is 9.97 Å². The van der Waals surface area contributed by atoms with Gasteiger partial charge in [-0.15, -0.1) is 10.2 Å². The third-order valence-corrected chi connectivity index (χ3v) is 4.93. The number of rotatable bonds is 4. The van der Waals surface area contributed by atoms with Crippen molar-refractivity contribution in [1.82, 2.24) is 20.2 Å². The summed E-state index contributed by atoms with van der Waals surface area (Å²) >= 11 is 10.0. The third kappa shape index (κ3) is 2.95. The molecule has 0 bridgehead atoms. The van der Waals surface area contributed by atoms with E-state index < -0.39 is 0 Å². The van der Waals surface area contributed by atoms with E-state index in [1.54, 1.807) is 0 Å². The third-order valence-electron chi connectivity index (χ3n) is 1.66. The largest absolute Gasteiger partial charge is 0.298 e. The monoisotopic (exact) mass is 304 g/mol. The van der Waals surface area contributed by atoms with E-state index in [2.05, 4.69) is 20.2 Å². The molecule has 0 aliphatic carbocycles. The fourth-order valence-corrected chi connectivity index (χ4v) is 3.58. The molecule has 5 nitrogen and oxygen atoms in total. The maximum absolute atomic E-state index is 10.9. The van der Waals surface area contributed by atoms with Gasteiger partial charge in [0.1, 0.15) is 16.5 Å². The predicted octanol–water partition coefficient (Wildman–Crippen LogP) is 2.67. The number of carbonyl (C=O) groups is 1. The molecule has 2 aromatic heterocycles. The molecule has 2 heterocycles. The summed E-state index contributed by atoms with van der Waals surface area (Å²) in [6.07, 6.45) is 3.88. The molecule has 0 aromatic carbocycles. The molecule has 0 fully saturated rings. The smallest absolute Gasteiger partial charge is 0.181 e. The maximum atomic E-state index is 10.9. The average Bonchev–Trinajstić information content (AvgIpc) is 2.77. The molecule has 88 valence electrons. The summed E-state index contributed by atoms with van der Waals surface area (Å²) in [5.74, 6) is 0. The van der Waals surface area contributed by atoms with Crippen molar-refractivity contribution >= 4 is 52.7 Å². The van der Waals surface area contributed by atoms with Crippen LogP contribution in [0.25, 0.3) is 0 Å². The lowest BCUT2D eigenvalue weighted by Gasteiger charge is -2.00. The molecule has 0 aliphatic heterocycles. The normalized spacial score (nSPS) is 10.5. The van der Waals surface area contributed by atoms with E-state index in [0.29, 0.717) is 15.7 Å². The zero-order valence-electron chi connectivity index (χ0n) is 8.45. The Labute approximate surface area is 114 Å². The van der Waals surface area contributed by atoms with Gasteiger partial charge in [0, 0.05) is 0 Å². The molecular weight excluding hydrogens is 300 g/mol. The van der Waals surface area contributed by atoms with Crippen molar-refractivity contribution in [1.29, 1.82) is 0 Å². The molecular formula is C8H5ClN4OS3. The lowest BCUT2D eigenvalue weighted by atomic mass is 10.4. The van der Waals surface area contributed by atoms with Crippen LogP contribution in [0.4, 0.5) is 0 Å². The van der Waals surface area contributed by atoms with Gasteiger partial charge in [-0.05, 0) is 18.0 Å². The Hall–Kier alpha value is -0.700. The van der Waals surface area contributed by atoms with Crippen molar-refractivity contribution in [2.45, 2.75) is 13.7 Å². The molecule has 0 spiro atoms. The van der Waals surface area contributed by atoms with Gasteiger partial charge < -0.3 is 0 Å². The van der Waals surface area contributed by atoms with Gasteiger partial charge >= 0.3 is 0 Å². The Kier molecular flexibility index (Phi) is 4.32. The lowest BCUT2D eigenvalue weighted by Crippen LogP contribution is -1.93. The number of aromatic nitrogens is 4. The van der Waals surface area contributed by atoms with Crippen LogP contribution in [0.1, 0.15) is 10.4 Å². The minimum absolute atomic E-state index is 0.145. The molecule has 9 heteroatoms. The highest BCUT2D eigenvalue weighted by Gasteiger charge is 2.13. The summed E-state index contributed by atoms with van der Waals surface area (Å²) in [4.78, 5) is 18.6. The SMILES string of the molecule is CSc1nnc(Sc2ncnc(Cl)c2C=O)s1. The highest BCUT2D eigenvalue weighted by atomic mass is 35.5. The molecule has 2 rings (SSSR count). The Morgan fingerprint density at radius 3 is 2.76 bits per heavy atom. The number of halogens is 1. The predicted molar refractivity (Wildman–Crippen MR) is 68.2 cm³/mol. The highest BCUT2D eigenvalue weighted by molar-refractivity contribution is 8.03. The van der Waals surface area contributed by atoms with E-state index >= 15 is 0 Å².